The minimum Gasteiger partial charge on any atom is -0.380 e. The maximum atomic E-state index is 14.6. The normalized spacial score (nSPS) is 18.2. The van der Waals surface area contributed by atoms with Crippen LogP contribution in [0, 0.1) is 5.95 Å². The summed E-state index contributed by atoms with van der Waals surface area (Å²) >= 11 is 0. The highest BCUT2D eigenvalue weighted by Crippen LogP contribution is 2.28. The van der Waals surface area contributed by atoms with Gasteiger partial charge in [-0.25, -0.2) is 4.98 Å². The van der Waals surface area contributed by atoms with Gasteiger partial charge in [-0.3, -0.25) is 0 Å². The number of fused-ring (bicyclic) bond motifs is 1. The van der Waals surface area contributed by atoms with Gasteiger partial charge in [0, 0.05) is 31.1 Å². The maximum Gasteiger partial charge on any atom is 0.224 e. The van der Waals surface area contributed by atoms with Crippen LogP contribution < -0.4 is 4.90 Å². The number of halogens is 1. The van der Waals surface area contributed by atoms with E-state index in [1.165, 1.54) is 0 Å². The molecule has 1 aromatic carbocycles. The molecule has 124 valence electrons. The van der Waals surface area contributed by atoms with Gasteiger partial charge in [0.2, 0.25) is 5.95 Å². The van der Waals surface area contributed by atoms with Gasteiger partial charge in [-0.15, -0.1) is 0 Å². The van der Waals surface area contributed by atoms with Gasteiger partial charge in [0.15, 0.2) is 0 Å². The number of piperidine rings is 1. The summed E-state index contributed by atoms with van der Waals surface area (Å²) in [6.45, 7) is 1.65. The molecule has 1 atom stereocenters. The number of H-pyrrole nitrogens is 1. The lowest BCUT2D eigenvalue weighted by Gasteiger charge is -2.32. The average molecular weight is 325 g/mol. The Bertz CT molecular complexity index is 828. The van der Waals surface area contributed by atoms with Gasteiger partial charge in [0.05, 0.1) is 17.4 Å². The van der Waals surface area contributed by atoms with Crippen molar-refractivity contribution < 1.29 is 9.13 Å². The highest BCUT2D eigenvalue weighted by atomic mass is 19.1. The number of aromatic amines is 1. The van der Waals surface area contributed by atoms with Crippen molar-refractivity contribution in [1.82, 2.24) is 9.97 Å². The fourth-order valence-corrected chi connectivity index (χ4v) is 3.36. The molecule has 1 aliphatic heterocycles. The first-order valence-electron chi connectivity index (χ1n) is 8.27. The van der Waals surface area contributed by atoms with E-state index in [4.69, 9.17) is 4.74 Å². The van der Waals surface area contributed by atoms with E-state index in [0.717, 1.165) is 42.5 Å². The Kier molecular flexibility index (Phi) is 3.94. The number of anilines is 1. The van der Waals surface area contributed by atoms with Crippen molar-refractivity contribution >= 4 is 16.7 Å². The van der Waals surface area contributed by atoms with E-state index in [-0.39, 0.29) is 6.10 Å². The largest absolute Gasteiger partial charge is 0.380 e. The van der Waals surface area contributed by atoms with E-state index in [1.54, 1.807) is 13.2 Å². The zero-order valence-electron chi connectivity index (χ0n) is 13.6. The van der Waals surface area contributed by atoms with Crippen molar-refractivity contribution in [3.05, 3.63) is 48.4 Å². The fourth-order valence-electron chi connectivity index (χ4n) is 3.36. The van der Waals surface area contributed by atoms with Crippen LogP contribution in [0.25, 0.3) is 22.2 Å². The van der Waals surface area contributed by atoms with Crippen molar-refractivity contribution in [3.8, 4) is 11.3 Å². The summed E-state index contributed by atoms with van der Waals surface area (Å²) in [7, 11) is 1.72. The molecule has 3 aromatic rings. The Morgan fingerprint density at radius 3 is 2.92 bits per heavy atom. The number of hydrogen-bond donors (Lipinski definition) is 1. The van der Waals surface area contributed by atoms with E-state index >= 15 is 0 Å². The summed E-state index contributed by atoms with van der Waals surface area (Å²) < 4.78 is 20.0. The molecule has 5 heteroatoms. The van der Waals surface area contributed by atoms with Crippen molar-refractivity contribution in [3.63, 3.8) is 0 Å². The third kappa shape index (κ3) is 2.76. The quantitative estimate of drug-likeness (QED) is 0.741. The van der Waals surface area contributed by atoms with Crippen LogP contribution in [-0.2, 0) is 4.74 Å². The summed E-state index contributed by atoms with van der Waals surface area (Å²) in [5.74, 6) is 0.229. The van der Waals surface area contributed by atoms with Gasteiger partial charge in [-0.2, -0.15) is 4.39 Å². The number of benzene rings is 1. The number of rotatable bonds is 3. The Hall–Kier alpha value is -2.40. The summed E-state index contributed by atoms with van der Waals surface area (Å²) in [5.41, 5.74) is 2.24. The highest BCUT2D eigenvalue weighted by molar-refractivity contribution is 5.85. The molecule has 0 amide bonds. The van der Waals surface area contributed by atoms with Crippen LogP contribution in [0.3, 0.4) is 0 Å². The Labute approximate surface area is 140 Å². The molecular formula is C19H20FN3O. The number of hydrogen-bond acceptors (Lipinski definition) is 3. The molecule has 1 N–H and O–H groups in total. The number of para-hydroxylation sites is 1. The fraction of sp³-hybridized carbons (Fsp3) is 0.316. The zero-order valence-corrected chi connectivity index (χ0v) is 13.6. The molecule has 0 spiro atoms. The number of nitrogens with one attached hydrogen (secondary N) is 1. The summed E-state index contributed by atoms with van der Waals surface area (Å²) in [4.78, 5) is 9.54. The van der Waals surface area contributed by atoms with E-state index in [2.05, 4.69) is 14.9 Å². The molecule has 0 radical (unpaired) electrons. The van der Waals surface area contributed by atoms with Crippen LogP contribution >= 0.6 is 0 Å². The first kappa shape index (κ1) is 15.1. The first-order valence-corrected chi connectivity index (χ1v) is 8.27. The number of pyridine rings is 1. The van der Waals surface area contributed by atoms with Crippen LogP contribution in [0.1, 0.15) is 12.8 Å². The maximum absolute atomic E-state index is 14.6. The molecular weight excluding hydrogens is 305 g/mol. The highest BCUT2D eigenvalue weighted by Gasteiger charge is 2.21. The first-order chi connectivity index (χ1) is 11.7. The molecule has 2 aromatic heterocycles. The molecule has 4 nitrogen and oxygen atoms in total. The molecule has 0 unspecified atom stereocenters. The van der Waals surface area contributed by atoms with Crippen LogP contribution in [0.4, 0.5) is 10.2 Å². The predicted octanol–water partition coefficient (Wildman–Crippen LogP) is 3.98. The number of aromatic nitrogens is 2. The van der Waals surface area contributed by atoms with Crippen molar-refractivity contribution in [2.75, 3.05) is 25.1 Å². The standard InChI is InChI=1S/C19H20FN3O/c1-24-14-6-4-10-23(12-14)18-9-8-15(19(20)22-18)17-11-13-5-2-3-7-16(13)21-17/h2-3,5,7-9,11,14,21H,4,6,10,12H2,1H3/t14-/m1/s1. The van der Waals surface area contributed by atoms with Gasteiger partial charge in [-0.05, 0) is 37.1 Å². The molecule has 4 rings (SSSR count). The van der Waals surface area contributed by atoms with E-state index in [0.29, 0.717) is 11.4 Å². The lowest BCUT2D eigenvalue weighted by atomic mass is 10.1. The second-order valence-electron chi connectivity index (χ2n) is 6.22. The number of ether oxygens (including phenoxy) is 1. The molecule has 0 aliphatic carbocycles. The second kappa shape index (κ2) is 6.24. The Morgan fingerprint density at radius 2 is 2.12 bits per heavy atom. The van der Waals surface area contributed by atoms with E-state index < -0.39 is 5.95 Å². The van der Waals surface area contributed by atoms with Crippen LogP contribution in [-0.4, -0.2) is 36.3 Å². The lowest BCUT2D eigenvalue weighted by molar-refractivity contribution is 0.0891. The minimum atomic E-state index is -0.446. The molecule has 1 saturated heterocycles. The van der Waals surface area contributed by atoms with Crippen LogP contribution in [0.15, 0.2) is 42.5 Å². The van der Waals surface area contributed by atoms with E-state index in [9.17, 15) is 4.39 Å². The van der Waals surface area contributed by atoms with Crippen molar-refractivity contribution in [2.45, 2.75) is 18.9 Å². The van der Waals surface area contributed by atoms with Gasteiger partial charge in [0.1, 0.15) is 5.82 Å². The lowest BCUT2D eigenvalue weighted by Crippen LogP contribution is -2.39. The van der Waals surface area contributed by atoms with E-state index in [1.807, 2.05) is 36.4 Å². The third-order valence-corrected chi connectivity index (χ3v) is 4.69. The zero-order chi connectivity index (χ0) is 16.5. The van der Waals surface area contributed by atoms with Crippen LogP contribution in [0.2, 0.25) is 0 Å². The predicted molar refractivity (Wildman–Crippen MR) is 93.7 cm³/mol. The molecule has 3 heterocycles. The van der Waals surface area contributed by atoms with Crippen molar-refractivity contribution in [2.24, 2.45) is 0 Å². The van der Waals surface area contributed by atoms with Gasteiger partial charge >= 0.3 is 0 Å². The number of nitrogens with zero attached hydrogens (tertiary/aromatic N) is 2. The topological polar surface area (TPSA) is 41.1 Å². The SMILES string of the molecule is CO[C@@H]1CCCN(c2ccc(-c3cc4ccccc4[nH]3)c(F)n2)C1. The molecule has 1 aliphatic rings. The Balaban J connectivity index is 1.64. The second-order valence-corrected chi connectivity index (χ2v) is 6.22. The van der Waals surface area contributed by atoms with Gasteiger partial charge in [-0.1, -0.05) is 18.2 Å². The Morgan fingerprint density at radius 1 is 1.25 bits per heavy atom. The number of methoxy groups -OCH3 is 1. The minimum absolute atomic E-state index is 0.192. The van der Waals surface area contributed by atoms with Gasteiger partial charge < -0.3 is 14.6 Å². The smallest absolute Gasteiger partial charge is 0.224 e. The average Bonchev–Trinajstić information content (AvgIpc) is 3.05. The third-order valence-electron chi connectivity index (χ3n) is 4.69. The summed E-state index contributed by atoms with van der Waals surface area (Å²) in [5, 5.41) is 1.06. The van der Waals surface area contributed by atoms with Crippen molar-refractivity contribution in [1.29, 1.82) is 0 Å². The molecule has 1 fully saturated rings. The molecule has 24 heavy (non-hydrogen) atoms. The van der Waals surface area contributed by atoms with Crippen LogP contribution in [0.5, 0.6) is 0 Å². The van der Waals surface area contributed by atoms with Gasteiger partial charge in [0.25, 0.3) is 0 Å². The summed E-state index contributed by atoms with van der Waals surface area (Å²) in [6.07, 6.45) is 2.27. The summed E-state index contributed by atoms with van der Waals surface area (Å²) in [6, 6.07) is 13.6. The molecule has 0 saturated carbocycles. The monoisotopic (exact) mass is 325 g/mol. The molecule has 0 bridgehead atoms.